The normalized spacial score (nSPS) is 12.2. The zero-order valence-corrected chi connectivity index (χ0v) is 15.1. The highest BCUT2D eigenvalue weighted by Gasteiger charge is 2.12. The predicted molar refractivity (Wildman–Crippen MR) is 97.0 cm³/mol. The molecule has 22 heavy (non-hydrogen) atoms. The number of nitrogens with zero attached hydrogens (tertiary/aromatic N) is 1. The van der Waals surface area contributed by atoms with Gasteiger partial charge < -0.3 is 15.0 Å². The minimum Gasteiger partial charge on any atom is -0.492 e. The average molecular weight is 306 g/mol. The zero-order valence-electron chi connectivity index (χ0n) is 15.1. The molecule has 1 aromatic rings. The zero-order chi connectivity index (χ0) is 16.4. The fourth-order valence-corrected chi connectivity index (χ4v) is 2.53. The van der Waals surface area contributed by atoms with Crippen molar-refractivity contribution < 1.29 is 4.74 Å². The van der Waals surface area contributed by atoms with Gasteiger partial charge in [-0.15, -0.1) is 0 Å². The Bertz CT molecular complexity index is 414. The Kier molecular flexibility index (Phi) is 8.98. The highest BCUT2D eigenvalue weighted by atomic mass is 16.5. The largest absolute Gasteiger partial charge is 0.492 e. The lowest BCUT2D eigenvalue weighted by Gasteiger charge is -2.26. The van der Waals surface area contributed by atoms with Crippen LogP contribution < -0.4 is 15.0 Å². The third kappa shape index (κ3) is 5.88. The molecule has 0 fully saturated rings. The van der Waals surface area contributed by atoms with Gasteiger partial charge in [0.25, 0.3) is 0 Å². The van der Waals surface area contributed by atoms with Crippen LogP contribution in [0.1, 0.15) is 59.4 Å². The van der Waals surface area contributed by atoms with Gasteiger partial charge in [0, 0.05) is 25.7 Å². The maximum atomic E-state index is 5.91. The van der Waals surface area contributed by atoms with Crippen molar-refractivity contribution in [2.24, 2.45) is 0 Å². The van der Waals surface area contributed by atoms with E-state index in [9.17, 15) is 0 Å². The Balaban J connectivity index is 2.92. The molecule has 1 atom stereocenters. The summed E-state index contributed by atoms with van der Waals surface area (Å²) in [4.78, 5) is 2.44. The average Bonchev–Trinajstić information content (AvgIpc) is 2.53. The Morgan fingerprint density at radius 2 is 1.77 bits per heavy atom. The molecule has 0 aromatic heterocycles. The van der Waals surface area contributed by atoms with Crippen molar-refractivity contribution in [2.75, 3.05) is 24.6 Å². The fraction of sp³-hybridized carbons (Fsp3) is 0.684. The van der Waals surface area contributed by atoms with E-state index in [1.165, 1.54) is 11.3 Å². The van der Waals surface area contributed by atoms with Crippen molar-refractivity contribution in [1.29, 1.82) is 0 Å². The van der Waals surface area contributed by atoms with E-state index < -0.39 is 0 Å². The third-order valence-electron chi connectivity index (χ3n) is 3.92. The number of anilines is 1. The SMILES string of the molecule is CCCN(CCC)c1ccc(CNC(C)CC)cc1OCC. The molecule has 0 aliphatic heterocycles. The molecule has 1 N–H and O–H groups in total. The van der Waals surface area contributed by atoms with E-state index in [1.807, 2.05) is 0 Å². The molecular formula is C19H34N2O. The minimum atomic E-state index is 0.548. The van der Waals surface area contributed by atoms with E-state index in [0.717, 1.165) is 44.6 Å². The molecule has 0 saturated carbocycles. The second kappa shape index (κ2) is 10.5. The summed E-state index contributed by atoms with van der Waals surface area (Å²) in [6, 6.07) is 7.20. The maximum Gasteiger partial charge on any atom is 0.142 e. The number of nitrogens with one attached hydrogen (secondary N) is 1. The highest BCUT2D eigenvalue weighted by molar-refractivity contribution is 5.60. The summed E-state index contributed by atoms with van der Waals surface area (Å²) in [6.07, 6.45) is 3.46. The Labute approximate surface area is 137 Å². The van der Waals surface area contributed by atoms with Crippen molar-refractivity contribution >= 4 is 5.69 Å². The second-order valence-corrected chi connectivity index (χ2v) is 5.91. The van der Waals surface area contributed by atoms with Crippen LogP contribution in [0.3, 0.4) is 0 Å². The van der Waals surface area contributed by atoms with Crippen LogP contribution in [0.15, 0.2) is 18.2 Å². The van der Waals surface area contributed by atoms with Gasteiger partial charge in [-0.05, 0) is 50.8 Å². The van der Waals surface area contributed by atoms with Gasteiger partial charge in [-0.3, -0.25) is 0 Å². The lowest BCUT2D eigenvalue weighted by Crippen LogP contribution is -2.26. The van der Waals surface area contributed by atoms with E-state index in [-0.39, 0.29) is 0 Å². The molecule has 0 saturated heterocycles. The fourth-order valence-electron chi connectivity index (χ4n) is 2.53. The van der Waals surface area contributed by atoms with Gasteiger partial charge in [-0.25, -0.2) is 0 Å². The molecule has 1 aromatic carbocycles. The minimum absolute atomic E-state index is 0.548. The molecule has 3 nitrogen and oxygen atoms in total. The van der Waals surface area contributed by atoms with Crippen molar-refractivity contribution in [3.63, 3.8) is 0 Å². The lowest BCUT2D eigenvalue weighted by atomic mass is 10.1. The van der Waals surface area contributed by atoms with Crippen LogP contribution in [0.5, 0.6) is 5.75 Å². The van der Waals surface area contributed by atoms with E-state index in [2.05, 4.69) is 63.0 Å². The number of rotatable bonds is 11. The van der Waals surface area contributed by atoms with E-state index in [4.69, 9.17) is 4.74 Å². The first-order valence-electron chi connectivity index (χ1n) is 8.90. The Morgan fingerprint density at radius 1 is 1.09 bits per heavy atom. The first-order valence-corrected chi connectivity index (χ1v) is 8.90. The number of ether oxygens (including phenoxy) is 1. The first kappa shape index (κ1) is 18.8. The summed E-state index contributed by atoms with van der Waals surface area (Å²) < 4.78 is 5.91. The Morgan fingerprint density at radius 3 is 2.32 bits per heavy atom. The number of hydrogen-bond donors (Lipinski definition) is 1. The van der Waals surface area contributed by atoms with Gasteiger partial charge >= 0.3 is 0 Å². The van der Waals surface area contributed by atoms with Crippen molar-refractivity contribution in [2.45, 2.75) is 66.5 Å². The van der Waals surface area contributed by atoms with Crippen molar-refractivity contribution in [3.05, 3.63) is 23.8 Å². The molecule has 0 bridgehead atoms. The first-order chi connectivity index (χ1) is 10.7. The van der Waals surface area contributed by atoms with Crippen LogP contribution >= 0.6 is 0 Å². The maximum absolute atomic E-state index is 5.91. The van der Waals surface area contributed by atoms with Crippen molar-refractivity contribution in [3.8, 4) is 5.75 Å². The van der Waals surface area contributed by atoms with Gasteiger partial charge in [0.2, 0.25) is 0 Å². The molecule has 1 unspecified atom stereocenters. The molecule has 0 amide bonds. The molecule has 0 aliphatic rings. The lowest BCUT2D eigenvalue weighted by molar-refractivity contribution is 0.339. The molecule has 0 heterocycles. The standard InChI is InChI=1S/C19H34N2O/c1-6-12-21(13-7-2)18-11-10-17(14-19(18)22-9-4)15-20-16(5)8-3/h10-11,14,16,20H,6-9,12-13,15H2,1-5H3. The molecule has 3 heteroatoms. The van der Waals surface area contributed by atoms with Crippen molar-refractivity contribution in [1.82, 2.24) is 5.32 Å². The molecule has 126 valence electrons. The monoisotopic (exact) mass is 306 g/mol. The summed E-state index contributed by atoms with van der Waals surface area (Å²) >= 11 is 0. The number of benzene rings is 1. The summed E-state index contributed by atoms with van der Waals surface area (Å²) in [5.74, 6) is 1.02. The van der Waals surface area contributed by atoms with Gasteiger partial charge in [0.1, 0.15) is 5.75 Å². The summed E-state index contributed by atoms with van der Waals surface area (Å²) in [5.41, 5.74) is 2.53. The van der Waals surface area contributed by atoms with Crippen LogP contribution in [0.25, 0.3) is 0 Å². The molecular weight excluding hydrogens is 272 g/mol. The van der Waals surface area contributed by atoms with Crippen LogP contribution in [0, 0.1) is 0 Å². The van der Waals surface area contributed by atoms with Crippen LogP contribution in [0.2, 0.25) is 0 Å². The molecule has 0 aliphatic carbocycles. The molecule has 1 rings (SSSR count). The van der Waals surface area contributed by atoms with Gasteiger partial charge in [-0.1, -0.05) is 26.8 Å². The third-order valence-corrected chi connectivity index (χ3v) is 3.92. The quantitative estimate of drug-likeness (QED) is 0.646. The van der Waals surface area contributed by atoms with E-state index in [1.54, 1.807) is 0 Å². The van der Waals surface area contributed by atoms with Crippen LogP contribution in [-0.2, 0) is 6.54 Å². The summed E-state index contributed by atoms with van der Waals surface area (Å²) in [7, 11) is 0. The summed E-state index contributed by atoms with van der Waals surface area (Å²) in [6.45, 7) is 14.7. The van der Waals surface area contributed by atoms with Gasteiger partial charge in [0.15, 0.2) is 0 Å². The second-order valence-electron chi connectivity index (χ2n) is 5.91. The van der Waals surface area contributed by atoms with E-state index >= 15 is 0 Å². The van der Waals surface area contributed by atoms with Crippen LogP contribution in [0.4, 0.5) is 5.69 Å². The van der Waals surface area contributed by atoms with Gasteiger partial charge in [-0.2, -0.15) is 0 Å². The van der Waals surface area contributed by atoms with Crippen LogP contribution in [-0.4, -0.2) is 25.7 Å². The number of hydrogen-bond acceptors (Lipinski definition) is 3. The molecule has 0 spiro atoms. The highest BCUT2D eigenvalue weighted by Crippen LogP contribution is 2.30. The van der Waals surface area contributed by atoms with Gasteiger partial charge in [0.05, 0.1) is 12.3 Å². The predicted octanol–water partition coefficient (Wildman–Crippen LogP) is 4.60. The Hall–Kier alpha value is -1.22. The topological polar surface area (TPSA) is 24.5 Å². The summed E-state index contributed by atoms with van der Waals surface area (Å²) in [5, 5.41) is 3.55. The van der Waals surface area contributed by atoms with E-state index in [0.29, 0.717) is 12.6 Å². The smallest absolute Gasteiger partial charge is 0.142 e. The molecule has 0 radical (unpaired) electrons.